The van der Waals surface area contributed by atoms with Crippen LogP contribution in [0.25, 0.3) is 0 Å². The van der Waals surface area contributed by atoms with Gasteiger partial charge in [-0.25, -0.2) is 0 Å². The zero-order valence-electron chi connectivity index (χ0n) is 22.3. The molecule has 1 N–H and O–H groups in total. The van der Waals surface area contributed by atoms with Crippen LogP contribution in [0.1, 0.15) is 54.5 Å². The zero-order chi connectivity index (χ0) is 28.3. The smallest absolute Gasteiger partial charge is 0.322 e. The summed E-state index contributed by atoms with van der Waals surface area (Å²) in [5.74, 6) is -8.48. The van der Waals surface area contributed by atoms with Crippen LogP contribution >= 0.6 is 11.6 Å². The number of nitrogens with one attached hydrogen (secondary N) is 1. The summed E-state index contributed by atoms with van der Waals surface area (Å²) in [7, 11) is 0. The molecule has 0 aromatic heterocycles. The second-order valence-electron chi connectivity index (χ2n) is 7.21. The lowest BCUT2D eigenvalue weighted by Crippen LogP contribution is -2.52. The fourth-order valence-corrected chi connectivity index (χ4v) is 3.51. The molecule has 0 spiro atoms. The highest BCUT2D eigenvalue weighted by Gasteiger charge is 2.41. The number of imide groups is 1. The van der Waals surface area contributed by atoms with Crippen LogP contribution in [0.2, 0.25) is 5.02 Å². The first kappa shape index (κ1) is 15.6. The van der Waals surface area contributed by atoms with E-state index >= 15 is 0 Å². The molecule has 2 heterocycles. The molecule has 2 aromatic rings. The number of benzene rings is 2. The summed E-state index contributed by atoms with van der Waals surface area (Å²) in [6, 6.07) is 0.0412. The minimum atomic E-state index is -4.14. The molecule has 166 valence electrons. The third-order valence-corrected chi connectivity index (χ3v) is 5.34. The number of hydrogen-bond donors (Lipinski definition) is 1. The van der Waals surface area contributed by atoms with Crippen LogP contribution in [-0.2, 0) is 33.2 Å². The van der Waals surface area contributed by atoms with E-state index in [1.165, 1.54) is 0 Å². The lowest BCUT2D eigenvalue weighted by atomic mass is 9.97. The summed E-state index contributed by atoms with van der Waals surface area (Å²) < 4.78 is 79.9. The number of Topliss-reactive ketones (excluding diaryl/α,β-unsaturated/α-hetero) is 1. The van der Waals surface area contributed by atoms with Crippen molar-refractivity contribution in [1.82, 2.24) is 10.2 Å². The van der Waals surface area contributed by atoms with E-state index in [0.717, 1.165) is 29.2 Å². The molecular weight excluding hydrogens is 442 g/mol. The molecule has 0 saturated carbocycles. The van der Waals surface area contributed by atoms with E-state index in [-0.39, 0.29) is 17.9 Å². The first-order valence-electron chi connectivity index (χ1n) is 12.6. The van der Waals surface area contributed by atoms with Crippen LogP contribution in [0.15, 0.2) is 42.4 Å². The fourth-order valence-electron chi connectivity index (χ4n) is 3.38. The van der Waals surface area contributed by atoms with Crippen molar-refractivity contribution in [3.05, 3.63) is 69.7 Å². The highest BCUT2D eigenvalue weighted by Crippen LogP contribution is 2.32. The Kier molecular flexibility index (Phi) is 4.12. The molecule has 0 aliphatic carbocycles. The second kappa shape index (κ2) is 8.43. The Hall–Kier alpha value is -3.13. The Labute approximate surface area is 196 Å². The number of nitrogens with zero attached hydrogens (tertiary/aromatic N) is 1. The van der Waals surface area contributed by atoms with E-state index < -0.39 is 95.2 Å². The van der Waals surface area contributed by atoms with Crippen molar-refractivity contribution >= 4 is 35.1 Å². The predicted octanol–water partition coefficient (Wildman–Crippen LogP) is 3.39. The molecule has 2 aliphatic heterocycles. The molecule has 1 saturated heterocycles. The van der Waals surface area contributed by atoms with Crippen LogP contribution in [-0.4, -0.2) is 34.4 Å². The standard InChI is InChI=1S/C23H19ClF2N2O4/c24-16-5-3-15(4-6-16)23(25,26)19(29)9-2-13-1-7-17-14(11-13)12-28(22(17)32)18-8-10-20(30)27-21(18)31/h1,3-7,11,18H,2,8-10,12H2,(H,27,30,31)/i1D,2D2,7D,11D,12D. The van der Waals surface area contributed by atoms with E-state index in [0.29, 0.717) is 0 Å². The summed E-state index contributed by atoms with van der Waals surface area (Å²) in [4.78, 5) is 50.2. The van der Waals surface area contributed by atoms with Crippen LogP contribution in [0.4, 0.5) is 8.78 Å². The van der Waals surface area contributed by atoms with E-state index in [1.807, 2.05) is 5.32 Å². The van der Waals surface area contributed by atoms with Crippen molar-refractivity contribution in [2.75, 3.05) is 0 Å². The van der Waals surface area contributed by atoms with Gasteiger partial charge in [0.15, 0.2) is 0 Å². The van der Waals surface area contributed by atoms with Gasteiger partial charge in [0.1, 0.15) is 6.04 Å². The molecule has 0 bridgehead atoms. The Morgan fingerprint density at radius 1 is 1.28 bits per heavy atom. The third kappa shape index (κ3) is 4.14. The average molecular weight is 467 g/mol. The molecule has 32 heavy (non-hydrogen) atoms. The maximum absolute atomic E-state index is 14.8. The van der Waals surface area contributed by atoms with Crippen LogP contribution in [0, 0.1) is 0 Å². The Balaban J connectivity index is 1.73. The fraction of sp³-hybridized carbons (Fsp3) is 0.304. The number of ketones is 1. The minimum absolute atomic E-state index is 0.129. The first-order valence-corrected chi connectivity index (χ1v) is 9.87. The summed E-state index contributed by atoms with van der Waals surface area (Å²) in [6.07, 6.45) is -4.80. The maximum atomic E-state index is 14.8. The van der Waals surface area contributed by atoms with Crippen molar-refractivity contribution in [2.24, 2.45) is 0 Å². The Morgan fingerprint density at radius 2 is 2.00 bits per heavy atom. The van der Waals surface area contributed by atoms with Gasteiger partial charge in [-0.2, -0.15) is 8.78 Å². The van der Waals surface area contributed by atoms with Crippen molar-refractivity contribution in [3.63, 3.8) is 0 Å². The first-order chi connectivity index (χ1) is 17.6. The molecule has 2 unspecified atom stereocenters. The van der Waals surface area contributed by atoms with Crippen LogP contribution in [0.5, 0.6) is 0 Å². The molecule has 0 radical (unpaired) electrons. The SMILES string of the molecule is [2H]c1c([2H])c(C([2H])([2H])CC(=O)C(F)(F)c2ccc(Cl)cc2)c([2H])c2c1C(=O)N(C1CCC(=O)NC1=O)C2[2H]. The van der Waals surface area contributed by atoms with Gasteiger partial charge >= 0.3 is 5.92 Å². The van der Waals surface area contributed by atoms with Crippen molar-refractivity contribution < 1.29 is 36.2 Å². The van der Waals surface area contributed by atoms with E-state index in [2.05, 4.69) is 0 Å². The number of rotatable bonds is 6. The van der Waals surface area contributed by atoms with Crippen molar-refractivity contribution in [3.8, 4) is 0 Å². The molecule has 2 aromatic carbocycles. The van der Waals surface area contributed by atoms with Gasteiger partial charge in [-0.1, -0.05) is 35.8 Å². The summed E-state index contributed by atoms with van der Waals surface area (Å²) in [6.45, 7) is -1.78. The van der Waals surface area contributed by atoms with Crippen molar-refractivity contribution in [1.29, 1.82) is 0 Å². The molecule has 4 rings (SSSR count). The maximum Gasteiger partial charge on any atom is 0.330 e. The van der Waals surface area contributed by atoms with Gasteiger partial charge in [0, 0.05) is 38.3 Å². The quantitative estimate of drug-likeness (QED) is 0.661. The summed E-state index contributed by atoms with van der Waals surface area (Å²) >= 11 is 5.69. The average Bonchev–Trinajstić information content (AvgIpc) is 3.08. The predicted molar refractivity (Wildman–Crippen MR) is 111 cm³/mol. The van der Waals surface area contributed by atoms with Gasteiger partial charge < -0.3 is 4.90 Å². The topological polar surface area (TPSA) is 83.6 Å². The normalized spacial score (nSPS) is 24.0. The molecule has 2 atom stereocenters. The molecule has 6 nitrogen and oxygen atoms in total. The number of alkyl halides is 2. The van der Waals surface area contributed by atoms with E-state index in [4.69, 9.17) is 19.8 Å². The summed E-state index contributed by atoms with van der Waals surface area (Å²) in [5, 5.41) is 2.18. The zero-order valence-corrected chi connectivity index (χ0v) is 17.1. The number of fused-ring (bicyclic) bond motifs is 1. The highest BCUT2D eigenvalue weighted by atomic mass is 35.5. The van der Waals surface area contributed by atoms with Crippen LogP contribution in [0.3, 0.4) is 0 Å². The Morgan fingerprint density at radius 3 is 2.69 bits per heavy atom. The third-order valence-electron chi connectivity index (χ3n) is 5.09. The lowest BCUT2D eigenvalue weighted by molar-refractivity contribution is -0.144. The monoisotopic (exact) mass is 466 g/mol. The molecule has 3 amide bonds. The molecule has 1 fully saturated rings. The number of halogens is 3. The number of carbonyl (C=O) groups excluding carboxylic acids is 4. The van der Waals surface area contributed by atoms with Gasteiger partial charge in [0.2, 0.25) is 17.6 Å². The number of amides is 3. The van der Waals surface area contributed by atoms with Crippen LogP contribution < -0.4 is 5.32 Å². The number of hydrogen-bond acceptors (Lipinski definition) is 4. The van der Waals surface area contributed by atoms with Gasteiger partial charge in [-0.15, -0.1) is 0 Å². The van der Waals surface area contributed by atoms with Gasteiger partial charge in [0.05, 0.1) is 5.48 Å². The minimum Gasteiger partial charge on any atom is -0.322 e. The van der Waals surface area contributed by atoms with Gasteiger partial charge in [-0.05, 0) is 42.1 Å². The van der Waals surface area contributed by atoms with Crippen molar-refractivity contribution in [2.45, 2.75) is 44.1 Å². The number of carbonyl (C=O) groups is 4. The van der Waals surface area contributed by atoms with Gasteiger partial charge in [-0.3, -0.25) is 24.5 Å². The molecule has 2 aliphatic rings. The highest BCUT2D eigenvalue weighted by molar-refractivity contribution is 6.30. The van der Waals surface area contributed by atoms with E-state index in [9.17, 15) is 28.0 Å². The lowest BCUT2D eigenvalue weighted by Gasteiger charge is -2.29. The van der Waals surface area contributed by atoms with Gasteiger partial charge in [0.25, 0.3) is 5.91 Å². The molecule has 9 heteroatoms. The molecular formula is C23H19ClF2N2O4. The summed E-state index contributed by atoms with van der Waals surface area (Å²) in [5.41, 5.74) is -2.71. The number of piperidine rings is 1. The second-order valence-corrected chi connectivity index (χ2v) is 7.64. The Bertz CT molecular complexity index is 1390. The van der Waals surface area contributed by atoms with E-state index in [1.54, 1.807) is 0 Å². The largest absolute Gasteiger partial charge is 0.330 e.